The third kappa shape index (κ3) is 4.19. The molecule has 2 aromatic carbocycles. The second-order valence-corrected chi connectivity index (χ2v) is 5.11. The Morgan fingerprint density at radius 2 is 1.74 bits per heavy atom. The fourth-order valence-corrected chi connectivity index (χ4v) is 1.77. The smallest absolute Gasteiger partial charge is 0.267 e. The molecule has 5 heteroatoms. The second kappa shape index (κ2) is 6.50. The predicted octanol–water partition coefficient (Wildman–Crippen LogP) is 3.87. The van der Waals surface area contributed by atoms with Gasteiger partial charge in [0, 0.05) is 15.1 Å². The van der Waals surface area contributed by atoms with Crippen LogP contribution in [0.5, 0.6) is 0 Å². The Bertz CT molecular complexity index is 594. The number of benzene rings is 2. The van der Waals surface area contributed by atoms with Crippen molar-refractivity contribution in [3.8, 4) is 0 Å². The van der Waals surface area contributed by atoms with Crippen molar-refractivity contribution in [2.24, 2.45) is 5.10 Å². The van der Waals surface area contributed by atoms with E-state index in [2.05, 4.69) is 26.5 Å². The van der Waals surface area contributed by atoms with E-state index in [1.807, 2.05) is 12.1 Å². The molecule has 19 heavy (non-hydrogen) atoms. The molecule has 0 aliphatic carbocycles. The van der Waals surface area contributed by atoms with Crippen molar-refractivity contribution in [2.45, 2.75) is 0 Å². The number of rotatable bonds is 3. The quantitative estimate of drug-likeness (QED) is 0.670. The lowest BCUT2D eigenvalue weighted by Gasteiger charge is -1.99. The molecule has 0 fully saturated rings. The van der Waals surface area contributed by atoms with Gasteiger partial charge in [-0.25, -0.2) is 5.43 Å². The Balaban J connectivity index is 1.96. The first-order chi connectivity index (χ1) is 9.15. The Kier molecular flexibility index (Phi) is 4.71. The number of amides is 1. The molecule has 96 valence electrons. The van der Waals surface area contributed by atoms with Crippen LogP contribution in [0.2, 0.25) is 5.02 Å². The standard InChI is InChI=1S/C14H10BrClN2O/c15-12-5-3-11(4-6-12)14(19)18-17-9-10-1-7-13(16)8-2-10/h1-9H,(H,18,19)/b17-9+. The third-order valence-electron chi connectivity index (χ3n) is 2.36. The van der Waals surface area contributed by atoms with E-state index in [-0.39, 0.29) is 5.91 Å². The van der Waals surface area contributed by atoms with Crippen LogP contribution in [0.4, 0.5) is 0 Å². The predicted molar refractivity (Wildman–Crippen MR) is 80.7 cm³/mol. The molecule has 3 nitrogen and oxygen atoms in total. The van der Waals surface area contributed by atoms with E-state index in [0.717, 1.165) is 10.0 Å². The number of hydrogen-bond donors (Lipinski definition) is 1. The van der Waals surface area contributed by atoms with Crippen LogP contribution >= 0.6 is 27.5 Å². The number of nitrogens with zero attached hydrogens (tertiary/aromatic N) is 1. The molecular weight excluding hydrogens is 328 g/mol. The Morgan fingerprint density at radius 3 is 2.37 bits per heavy atom. The van der Waals surface area contributed by atoms with Crippen molar-refractivity contribution in [1.82, 2.24) is 5.43 Å². The van der Waals surface area contributed by atoms with E-state index in [1.54, 1.807) is 42.6 Å². The summed E-state index contributed by atoms with van der Waals surface area (Å²) in [5.41, 5.74) is 3.88. The molecule has 0 aliphatic heterocycles. The van der Waals surface area contributed by atoms with Crippen molar-refractivity contribution in [3.05, 3.63) is 69.2 Å². The van der Waals surface area contributed by atoms with Crippen LogP contribution in [0.25, 0.3) is 0 Å². The van der Waals surface area contributed by atoms with Gasteiger partial charge in [0.15, 0.2) is 0 Å². The maximum Gasteiger partial charge on any atom is 0.271 e. The van der Waals surface area contributed by atoms with Crippen molar-refractivity contribution in [1.29, 1.82) is 0 Å². The minimum absolute atomic E-state index is 0.252. The summed E-state index contributed by atoms with van der Waals surface area (Å²) in [6.07, 6.45) is 1.56. The van der Waals surface area contributed by atoms with Gasteiger partial charge >= 0.3 is 0 Å². The van der Waals surface area contributed by atoms with Crippen LogP contribution in [-0.2, 0) is 0 Å². The summed E-state index contributed by atoms with van der Waals surface area (Å²) < 4.78 is 0.925. The molecule has 0 unspecified atom stereocenters. The van der Waals surface area contributed by atoms with Crippen LogP contribution in [0.15, 0.2) is 58.1 Å². The molecule has 0 atom stereocenters. The van der Waals surface area contributed by atoms with Crippen molar-refractivity contribution in [2.75, 3.05) is 0 Å². The fourth-order valence-electron chi connectivity index (χ4n) is 1.38. The largest absolute Gasteiger partial charge is 0.271 e. The highest BCUT2D eigenvalue weighted by molar-refractivity contribution is 9.10. The second-order valence-electron chi connectivity index (χ2n) is 3.76. The molecule has 0 bridgehead atoms. The lowest BCUT2D eigenvalue weighted by molar-refractivity contribution is 0.0955. The van der Waals surface area contributed by atoms with Crippen LogP contribution in [0, 0.1) is 0 Å². The van der Waals surface area contributed by atoms with Gasteiger partial charge < -0.3 is 0 Å². The van der Waals surface area contributed by atoms with E-state index >= 15 is 0 Å². The van der Waals surface area contributed by atoms with Crippen LogP contribution in [-0.4, -0.2) is 12.1 Å². The van der Waals surface area contributed by atoms with Crippen molar-refractivity contribution >= 4 is 39.7 Å². The van der Waals surface area contributed by atoms with E-state index < -0.39 is 0 Å². The van der Waals surface area contributed by atoms with Gasteiger partial charge in [0.25, 0.3) is 5.91 Å². The number of hydrogen-bond acceptors (Lipinski definition) is 2. The van der Waals surface area contributed by atoms with Crippen LogP contribution in [0.3, 0.4) is 0 Å². The highest BCUT2D eigenvalue weighted by Crippen LogP contribution is 2.10. The number of carbonyl (C=O) groups excluding carboxylic acids is 1. The summed E-state index contributed by atoms with van der Waals surface area (Å²) in [4.78, 5) is 11.7. The molecule has 0 aliphatic rings. The summed E-state index contributed by atoms with van der Waals surface area (Å²) in [6, 6.07) is 14.2. The van der Waals surface area contributed by atoms with Gasteiger partial charge in [0.2, 0.25) is 0 Å². The van der Waals surface area contributed by atoms with E-state index in [4.69, 9.17) is 11.6 Å². The highest BCUT2D eigenvalue weighted by Gasteiger charge is 2.02. The van der Waals surface area contributed by atoms with Crippen LogP contribution < -0.4 is 5.43 Å². The number of halogens is 2. The zero-order chi connectivity index (χ0) is 13.7. The Morgan fingerprint density at radius 1 is 1.11 bits per heavy atom. The fraction of sp³-hybridized carbons (Fsp3) is 0. The SMILES string of the molecule is O=C(N/N=C/c1ccc(Cl)cc1)c1ccc(Br)cc1. The molecule has 1 N–H and O–H groups in total. The average molecular weight is 338 g/mol. The monoisotopic (exact) mass is 336 g/mol. The molecule has 0 saturated carbocycles. The molecule has 0 spiro atoms. The zero-order valence-electron chi connectivity index (χ0n) is 9.81. The number of carbonyl (C=O) groups is 1. The highest BCUT2D eigenvalue weighted by atomic mass is 79.9. The molecule has 0 radical (unpaired) electrons. The lowest BCUT2D eigenvalue weighted by atomic mass is 10.2. The normalized spacial score (nSPS) is 10.6. The maximum atomic E-state index is 11.7. The van der Waals surface area contributed by atoms with Gasteiger partial charge in [-0.15, -0.1) is 0 Å². The van der Waals surface area contributed by atoms with Crippen LogP contribution in [0.1, 0.15) is 15.9 Å². The Hall–Kier alpha value is -1.65. The Labute approximate surface area is 124 Å². The molecule has 0 heterocycles. The summed E-state index contributed by atoms with van der Waals surface area (Å²) >= 11 is 9.08. The lowest BCUT2D eigenvalue weighted by Crippen LogP contribution is -2.17. The number of hydrazone groups is 1. The maximum absolute atomic E-state index is 11.7. The molecule has 1 amide bonds. The first kappa shape index (κ1) is 13.8. The van der Waals surface area contributed by atoms with Gasteiger partial charge in [0.1, 0.15) is 0 Å². The average Bonchev–Trinajstić information content (AvgIpc) is 2.41. The number of nitrogens with one attached hydrogen (secondary N) is 1. The molecule has 0 saturated heterocycles. The van der Waals surface area contributed by atoms with Gasteiger partial charge in [-0.3, -0.25) is 4.79 Å². The molecule has 2 aromatic rings. The van der Waals surface area contributed by atoms with E-state index in [1.165, 1.54) is 0 Å². The van der Waals surface area contributed by atoms with Crippen molar-refractivity contribution in [3.63, 3.8) is 0 Å². The van der Waals surface area contributed by atoms with E-state index in [0.29, 0.717) is 10.6 Å². The third-order valence-corrected chi connectivity index (χ3v) is 3.14. The molecular formula is C14H10BrClN2O. The van der Waals surface area contributed by atoms with E-state index in [9.17, 15) is 4.79 Å². The summed E-state index contributed by atoms with van der Waals surface area (Å²) in [5.74, 6) is -0.252. The van der Waals surface area contributed by atoms with Gasteiger partial charge in [-0.1, -0.05) is 39.7 Å². The summed E-state index contributed by atoms with van der Waals surface area (Å²) in [6.45, 7) is 0. The van der Waals surface area contributed by atoms with Gasteiger partial charge in [-0.2, -0.15) is 5.10 Å². The first-order valence-corrected chi connectivity index (χ1v) is 6.67. The summed E-state index contributed by atoms with van der Waals surface area (Å²) in [5, 5.41) is 4.55. The van der Waals surface area contributed by atoms with Crippen molar-refractivity contribution < 1.29 is 4.79 Å². The van der Waals surface area contributed by atoms with Gasteiger partial charge in [-0.05, 0) is 42.0 Å². The van der Waals surface area contributed by atoms with Gasteiger partial charge in [0.05, 0.1) is 6.21 Å². The first-order valence-electron chi connectivity index (χ1n) is 5.50. The minimum atomic E-state index is -0.252. The molecule has 0 aromatic heterocycles. The topological polar surface area (TPSA) is 41.5 Å². The summed E-state index contributed by atoms with van der Waals surface area (Å²) in [7, 11) is 0. The minimum Gasteiger partial charge on any atom is -0.267 e. The zero-order valence-corrected chi connectivity index (χ0v) is 12.1. The molecule has 2 rings (SSSR count).